The number of hydrogen-bond acceptors (Lipinski definition) is 5. The number of methoxy groups -OCH3 is 1. The lowest BCUT2D eigenvalue weighted by Crippen LogP contribution is -2.41. The molecule has 2 heterocycles. The van der Waals surface area contributed by atoms with Crippen molar-refractivity contribution in [1.82, 2.24) is 14.9 Å². The van der Waals surface area contributed by atoms with E-state index < -0.39 is 12.5 Å². The first-order chi connectivity index (χ1) is 11.2. The van der Waals surface area contributed by atoms with Crippen LogP contribution in [-0.4, -0.2) is 54.6 Å². The Morgan fingerprint density at radius 2 is 1.96 bits per heavy atom. The van der Waals surface area contributed by atoms with Crippen LogP contribution in [0.3, 0.4) is 0 Å². The van der Waals surface area contributed by atoms with E-state index in [2.05, 4.69) is 28.0 Å². The number of benzene rings is 1. The fourth-order valence-electron chi connectivity index (χ4n) is 2.46. The maximum Gasteiger partial charge on any atom is 0.446 e. The zero-order chi connectivity index (χ0) is 17.9. The molecular formula is C15H15ClF3N3O2. The molecule has 0 bridgehead atoms. The van der Waals surface area contributed by atoms with E-state index in [0.717, 1.165) is 29.7 Å². The van der Waals surface area contributed by atoms with Crippen molar-refractivity contribution < 1.29 is 22.7 Å². The average molecular weight is 362 g/mol. The van der Waals surface area contributed by atoms with Crippen molar-refractivity contribution in [3.05, 3.63) is 29.2 Å². The maximum atomic E-state index is 10.4. The SMILES string of the molecule is COc1cc2ncnc(Cl)c2cc1C1CN(C)C1.O=CC(F)(F)F. The lowest BCUT2D eigenvalue weighted by molar-refractivity contribution is -0.156. The molecule has 0 amide bonds. The molecule has 5 nitrogen and oxygen atoms in total. The van der Waals surface area contributed by atoms with Crippen LogP contribution < -0.4 is 4.74 Å². The number of alkyl halides is 3. The molecule has 1 saturated heterocycles. The molecule has 1 aromatic carbocycles. The number of ether oxygens (including phenoxy) is 1. The van der Waals surface area contributed by atoms with Gasteiger partial charge in [-0.25, -0.2) is 9.97 Å². The van der Waals surface area contributed by atoms with Crippen LogP contribution in [0, 0.1) is 0 Å². The molecule has 0 unspecified atom stereocenters. The van der Waals surface area contributed by atoms with E-state index in [1.807, 2.05) is 6.07 Å². The van der Waals surface area contributed by atoms with Crippen molar-refractivity contribution in [2.24, 2.45) is 0 Å². The molecule has 0 saturated carbocycles. The lowest BCUT2D eigenvalue weighted by Gasteiger charge is -2.37. The molecule has 2 aromatic rings. The fourth-order valence-corrected chi connectivity index (χ4v) is 2.66. The second-order valence-electron chi connectivity index (χ2n) is 5.35. The zero-order valence-corrected chi connectivity index (χ0v) is 13.7. The van der Waals surface area contributed by atoms with Gasteiger partial charge in [0.15, 0.2) is 0 Å². The van der Waals surface area contributed by atoms with Crippen molar-refractivity contribution in [3.8, 4) is 5.75 Å². The van der Waals surface area contributed by atoms with E-state index in [4.69, 9.17) is 21.1 Å². The maximum absolute atomic E-state index is 10.4. The van der Waals surface area contributed by atoms with Crippen molar-refractivity contribution in [2.45, 2.75) is 12.1 Å². The molecule has 0 atom stereocenters. The second-order valence-corrected chi connectivity index (χ2v) is 5.71. The van der Waals surface area contributed by atoms with E-state index in [1.54, 1.807) is 7.11 Å². The fraction of sp³-hybridized carbons (Fsp3) is 0.400. The van der Waals surface area contributed by atoms with E-state index in [-0.39, 0.29) is 0 Å². The van der Waals surface area contributed by atoms with Crippen molar-refractivity contribution in [1.29, 1.82) is 0 Å². The summed E-state index contributed by atoms with van der Waals surface area (Å²) in [5, 5.41) is 1.39. The zero-order valence-electron chi connectivity index (χ0n) is 13.0. The van der Waals surface area contributed by atoms with E-state index >= 15 is 0 Å². The molecule has 1 aliphatic heterocycles. The quantitative estimate of drug-likeness (QED) is 0.608. The van der Waals surface area contributed by atoms with Crippen LogP contribution in [0.5, 0.6) is 5.75 Å². The average Bonchev–Trinajstić information content (AvgIpc) is 2.51. The van der Waals surface area contributed by atoms with Gasteiger partial charge in [-0.2, -0.15) is 13.2 Å². The van der Waals surface area contributed by atoms with E-state index in [0.29, 0.717) is 11.1 Å². The summed E-state index contributed by atoms with van der Waals surface area (Å²) < 4.78 is 36.7. The third-order valence-corrected chi connectivity index (χ3v) is 3.88. The number of halogens is 4. The molecule has 0 spiro atoms. The molecular weight excluding hydrogens is 347 g/mol. The molecule has 9 heteroatoms. The number of nitrogens with zero attached hydrogens (tertiary/aromatic N) is 3. The summed E-state index contributed by atoms with van der Waals surface area (Å²) in [5.74, 6) is 1.39. The van der Waals surface area contributed by atoms with Gasteiger partial charge in [-0.15, -0.1) is 0 Å². The highest BCUT2D eigenvalue weighted by molar-refractivity contribution is 6.34. The lowest BCUT2D eigenvalue weighted by atomic mass is 9.90. The molecule has 0 radical (unpaired) electrons. The number of likely N-dealkylation sites (N-methyl/N-ethyl adjacent to an activating group) is 1. The Kier molecular flexibility index (Phi) is 5.61. The first-order valence-electron chi connectivity index (χ1n) is 6.95. The summed E-state index contributed by atoms with van der Waals surface area (Å²) in [6, 6.07) is 4.00. The number of aromatic nitrogens is 2. The number of fused-ring (bicyclic) bond motifs is 1. The van der Waals surface area contributed by atoms with Gasteiger partial charge in [-0.1, -0.05) is 11.6 Å². The van der Waals surface area contributed by atoms with Gasteiger partial charge in [0.1, 0.15) is 17.2 Å². The topological polar surface area (TPSA) is 55.3 Å². The molecule has 24 heavy (non-hydrogen) atoms. The first kappa shape index (κ1) is 18.4. The number of aldehydes is 1. The summed E-state index contributed by atoms with van der Waals surface area (Å²) in [6.07, 6.45) is -4.23. The van der Waals surface area contributed by atoms with Crippen LogP contribution in [0.2, 0.25) is 5.15 Å². The number of likely N-dealkylation sites (tertiary alicyclic amines) is 1. The Morgan fingerprint density at radius 1 is 1.33 bits per heavy atom. The minimum absolute atomic E-state index is 0.497. The summed E-state index contributed by atoms with van der Waals surface area (Å²) in [5.41, 5.74) is 2.02. The monoisotopic (exact) mass is 361 g/mol. The van der Waals surface area contributed by atoms with Gasteiger partial charge in [0, 0.05) is 36.0 Å². The molecule has 1 fully saturated rings. The predicted molar refractivity (Wildman–Crippen MR) is 83.5 cm³/mol. The summed E-state index contributed by atoms with van der Waals surface area (Å²) >= 11 is 6.12. The van der Waals surface area contributed by atoms with Crippen molar-refractivity contribution in [2.75, 3.05) is 27.2 Å². The number of hydrogen-bond donors (Lipinski definition) is 0. The highest BCUT2D eigenvalue weighted by Gasteiger charge is 2.28. The van der Waals surface area contributed by atoms with Gasteiger partial charge < -0.3 is 9.64 Å². The molecule has 1 aliphatic rings. The van der Waals surface area contributed by atoms with Gasteiger partial charge >= 0.3 is 6.18 Å². The van der Waals surface area contributed by atoms with Crippen LogP contribution in [-0.2, 0) is 4.79 Å². The van der Waals surface area contributed by atoms with Crippen LogP contribution >= 0.6 is 11.6 Å². The normalized spacial score (nSPS) is 15.4. The highest BCUT2D eigenvalue weighted by atomic mass is 35.5. The van der Waals surface area contributed by atoms with Gasteiger partial charge in [-0.3, -0.25) is 4.79 Å². The molecule has 0 N–H and O–H groups in total. The Bertz CT molecular complexity index is 734. The Labute approximate surface area is 141 Å². The first-order valence-corrected chi connectivity index (χ1v) is 7.32. The van der Waals surface area contributed by atoms with Crippen LogP contribution in [0.1, 0.15) is 11.5 Å². The Balaban J connectivity index is 0.000000301. The molecule has 1 aromatic heterocycles. The molecule has 3 rings (SSSR count). The number of carbonyl (C=O) groups is 1. The molecule has 0 aliphatic carbocycles. The Hall–Kier alpha value is -1.93. The van der Waals surface area contributed by atoms with Crippen LogP contribution in [0.15, 0.2) is 18.5 Å². The summed E-state index contributed by atoms with van der Waals surface area (Å²) in [7, 11) is 3.80. The van der Waals surface area contributed by atoms with Crippen LogP contribution in [0.4, 0.5) is 13.2 Å². The van der Waals surface area contributed by atoms with Gasteiger partial charge in [0.25, 0.3) is 0 Å². The molecule has 130 valence electrons. The van der Waals surface area contributed by atoms with Crippen molar-refractivity contribution in [3.63, 3.8) is 0 Å². The minimum Gasteiger partial charge on any atom is -0.496 e. The summed E-state index contributed by atoms with van der Waals surface area (Å²) in [6.45, 7) is 2.10. The van der Waals surface area contributed by atoms with E-state index in [9.17, 15) is 13.2 Å². The number of carbonyl (C=O) groups excluding carboxylic acids is 1. The smallest absolute Gasteiger partial charge is 0.446 e. The third kappa shape index (κ3) is 4.33. The Morgan fingerprint density at radius 3 is 2.46 bits per heavy atom. The van der Waals surface area contributed by atoms with Gasteiger partial charge in [-0.05, 0) is 13.1 Å². The van der Waals surface area contributed by atoms with Gasteiger partial charge in [0.2, 0.25) is 6.29 Å². The summed E-state index contributed by atoms with van der Waals surface area (Å²) in [4.78, 5) is 19.2. The van der Waals surface area contributed by atoms with Crippen LogP contribution in [0.25, 0.3) is 10.9 Å². The highest BCUT2D eigenvalue weighted by Crippen LogP contribution is 2.36. The number of rotatable bonds is 2. The standard InChI is InChI=1S/C13H14ClN3O.C2HF3O/c1-17-5-8(6-17)9-3-10-11(4-12(9)18-2)15-7-16-13(10)14;3-2(4,5)1-6/h3-4,7-8H,5-6H2,1-2H3;1H. The largest absolute Gasteiger partial charge is 0.496 e. The second kappa shape index (κ2) is 7.31. The third-order valence-electron chi connectivity index (χ3n) is 3.58. The van der Waals surface area contributed by atoms with E-state index in [1.165, 1.54) is 11.9 Å². The predicted octanol–water partition coefficient (Wildman–Crippen LogP) is 3.07. The van der Waals surface area contributed by atoms with Gasteiger partial charge in [0.05, 0.1) is 12.6 Å². The van der Waals surface area contributed by atoms with Crippen molar-refractivity contribution >= 4 is 28.8 Å². The minimum atomic E-state index is -4.64.